The fourth-order valence-corrected chi connectivity index (χ4v) is 1.64. The van der Waals surface area contributed by atoms with Gasteiger partial charge < -0.3 is 5.32 Å². The molecule has 12 heavy (non-hydrogen) atoms. The minimum atomic E-state index is 0.0755. The van der Waals surface area contributed by atoms with Crippen molar-refractivity contribution in [3.8, 4) is 0 Å². The highest BCUT2D eigenvalue weighted by Gasteiger charge is 2.01. The maximum Gasteiger partial charge on any atom is 0.225 e. The molecule has 0 aromatic carbocycles. The molecule has 0 aliphatic carbocycles. The first-order valence-corrected chi connectivity index (χ1v) is 5.24. The van der Waals surface area contributed by atoms with Crippen molar-refractivity contribution in [1.82, 2.24) is 5.32 Å². The van der Waals surface area contributed by atoms with Crippen molar-refractivity contribution in [3.63, 3.8) is 0 Å². The summed E-state index contributed by atoms with van der Waals surface area (Å²) < 4.78 is 0. The number of thiol groups is 1. The van der Waals surface area contributed by atoms with E-state index in [0.29, 0.717) is 18.7 Å². The van der Waals surface area contributed by atoms with Crippen molar-refractivity contribution >= 4 is 29.9 Å². The summed E-state index contributed by atoms with van der Waals surface area (Å²) in [6.07, 6.45) is 0.492. The minimum Gasteiger partial charge on any atom is -0.355 e. The second-order valence-corrected chi connectivity index (χ2v) is 3.81. The third-order valence-electron chi connectivity index (χ3n) is 1.35. The highest BCUT2D eigenvalue weighted by atomic mass is 32.1. The molecule has 66 valence electrons. The quantitative estimate of drug-likeness (QED) is 0.707. The van der Waals surface area contributed by atoms with Crippen molar-refractivity contribution in [3.05, 3.63) is 22.4 Å². The second-order valence-electron chi connectivity index (χ2n) is 2.33. The van der Waals surface area contributed by atoms with Gasteiger partial charge in [-0.15, -0.1) is 11.3 Å². The number of hydrogen-bond acceptors (Lipinski definition) is 3. The molecule has 0 unspecified atom stereocenters. The normalized spacial score (nSPS) is 9.75. The topological polar surface area (TPSA) is 29.1 Å². The van der Waals surface area contributed by atoms with Gasteiger partial charge in [-0.2, -0.15) is 12.6 Å². The van der Waals surface area contributed by atoms with Crippen molar-refractivity contribution in [2.24, 2.45) is 0 Å². The van der Waals surface area contributed by atoms with Crippen LogP contribution < -0.4 is 5.32 Å². The van der Waals surface area contributed by atoms with Gasteiger partial charge in [0.1, 0.15) is 0 Å². The van der Waals surface area contributed by atoms with Crippen molar-refractivity contribution < 1.29 is 4.79 Å². The maximum absolute atomic E-state index is 11.1. The Bertz CT molecular complexity index is 233. The van der Waals surface area contributed by atoms with E-state index in [1.165, 1.54) is 0 Å². The van der Waals surface area contributed by atoms with Crippen molar-refractivity contribution in [1.29, 1.82) is 0 Å². The number of thiophene rings is 1. The first kappa shape index (κ1) is 9.61. The Kier molecular flexibility index (Phi) is 4.18. The smallest absolute Gasteiger partial charge is 0.225 e. The lowest BCUT2D eigenvalue weighted by atomic mass is 10.3. The number of carbonyl (C=O) groups excluding carboxylic acids is 1. The van der Waals surface area contributed by atoms with Crippen LogP contribution in [0.15, 0.2) is 17.5 Å². The van der Waals surface area contributed by atoms with Crippen molar-refractivity contribution in [2.45, 2.75) is 6.42 Å². The van der Waals surface area contributed by atoms with Gasteiger partial charge in [0.25, 0.3) is 0 Å². The largest absolute Gasteiger partial charge is 0.355 e. The molecule has 0 saturated carbocycles. The fraction of sp³-hybridized carbons (Fsp3) is 0.375. The summed E-state index contributed by atoms with van der Waals surface area (Å²) in [6, 6.07) is 3.91. The number of rotatable bonds is 4. The molecule has 0 fully saturated rings. The summed E-state index contributed by atoms with van der Waals surface area (Å²) in [7, 11) is 0. The molecule has 0 bridgehead atoms. The van der Waals surface area contributed by atoms with Crippen LogP contribution in [0.5, 0.6) is 0 Å². The van der Waals surface area contributed by atoms with E-state index in [0.717, 1.165) is 4.88 Å². The average Bonchev–Trinajstić information content (AvgIpc) is 2.53. The number of hydrogen-bond donors (Lipinski definition) is 2. The molecular formula is C8H11NOS2. The molecule has 1 rings (SSSR count). The standard InChI is InChI=1S/C8H11NOS2/c10-8(9-3-4-11)6-7-2-1-5-12-7/h1-2,5,11H,3-4,6H2,(H,9,10). The highest BCUT2D eigenvalue weighted by molar-refractivity contribution is 7.80. The van der Waals surface area contributed by atoms with Crippen LogP contribution in [0, 0.1) is 0 Å². The van der Waals surface area contributed by atoms with E-state index in [1.807, 2.05) is 17.5 Å². The molecule has 0 spiro atoms. The average molecular weight is 201 g/mol. The third kappa shape index (κ3) is 3.28. The fourth-order valence-electron chi connectivity index (χ4n) is 0.829. The second kappa shape index (κ2) is 5.22. The Morgan fingerprint density at radius 1 is 1.67 bits per heavy atom. The molecule has 0 saturated heterocycles. The van der Waals surface area contributed by atoms with Crippen molar-refractivity contribution in [2.75, 3.05) is 12.3 Å². The molecule has 2 nitrogen and oxygen atoms in total. The third-order valence-corrected chi connectivity index (χ3v) is 2.45. The van der Waals surface area contributed by atoms with Gasteiger partial charge in [-0.3, -0.25) is 4.79 Å². The Hall–Kier alpha value is -0.480. The molecule has 0 atom stereocenters. The Morgan fingerprint density at radius 3 is 3.08 bits per heavy atom. The lowest BCUT2D eigenvalue weighted by molar-refractivity contribution is -0.120. The van der Waals surface area contributed by atoms with E-state index in [4.69, 9.17) is 0 Å². The van der Waals surface area contributed by atoms with Gasteiger partial charge in [0.2, 0.25) is 5.91 Å². The number of carbonyl (C=O) groups is 1. The molecule has 0 radical (unpaired) electrons. The molecule has 1 amide bonds. The Labute approximate surface area is 81.4 Å². The summed E-state index contributed by atoms with van der Waals surface area (Å²) >= 11 is 5.60. The molecular weight excluding hydrogens is 190 g/mol. The number of amides is 1. The molecule has 0 aliphatic rings. The van der Waals surface area contributed by atoms with Crippen LogP contribution in [0.3, 0.4) is 0 Å². The summed E-state index contributed by atoms with van der Waals surface area (Å²) in [6.45, 7) is 0.646. The van der Waals surface area contributed by atoms with Gasteiger partial charge in [-0.1, -0.05) is 6.07 Å². The predicted molar refractivity (Wildman–Crippen MR) is 54.9 cm³/mol. The van der Waals surface area contributed by atoms with E-state index in [-0.39, 0.29) is 5.91 Å². The molecule has 1 aromatic heterocycles. The minimum absolute atomic E-state index is 0.0755. The van der Waals surface area contributed by atoms with E-state index >= 15 is 0 Å². The van der Waals surface area contributed by atoms with E-state index in [1.54, 1.807) is 11.3 Å². The summed E-state index contributed by atoms with van der Waals surface area (Å²) in [5, 5.41) is 4.74. The van der Waals surface area contributed by atoms with Gasteiger partial charge in [-0.25, -0.2) is 0 Å². The van der Waals surface area contributed by atoms with E-state index < -0.39 is 0 Å². The van der Waals surface area contributed by atoms with Gasteiger partial charge in [0.15, 0.2) is 0 Å². The van der Waals surface area contributed by atoms with Gasteiger partial charge >= 0.3 is 0 Å². The zero-order valence-electron chi connectivity index (χ0n) is 6.62. The molecule has 1 N–H and O–H groups in total. The van der Waals surface area contributed by atoms with Crippen LogP contribution in [-0.2, 0) is 11.2 Å². The Morgan fingerprint density at radius 2 is 2.50 bits per heavy atom. The zero-order valence-corrected chi connectivity index (χ0v) is 8.33. The first-order valence-electron chi connectivity index (χ1n) is 3.73. The highest BCUT2D eigenvalue weighted by Crippen LogP contribution is 2.08. The SMILES string of the molecule is O=C(Cc1cccs1)NCCS. The Balaban J connectivity index is 2.27. The van der Waals surface area contributed by atoms with E-state index in [9.17, 15) is 4.79 Å². The lowest BCUT2D eigenvalue weighted by Crippen LogP contribution is -2.26. The summed E-state index contributed by atoms with van der Waals surface area (Å²) in [5.74, 6) is 0.766. The van der Waals surface area contributed by atoms with Crippen LogP contribution >= 0.6 is 24.0 Å². The lowest BCUT2D eigenvalue weighted by Gasteiger charge is -2.00. The van der Waals surface area contributed by atoms with Gasteiger partial charge in [0, 0.05) is 17.2 Å². The first-order chi connectivity index (χ1) is 5.83. The predicted octanol–water partition coefficient (Wildman–Crippen LogP) is 1.34. The van der Waals surface area contributed by atoms with Gasteiger partial charge in [-0.05, 0) is 11.4 Å². The molecule has 4 heteroatoms. The van der Waals surface area contributed by atoms with Crippen LogP contribution in [0.1, 0.15) is 4.88 Å². The number of nitrogens with one attached hydrogen (secondary N) is 1. The van der Waals surface area contributed by atoms with E-state index in [2.05, 4.69) is 17.9 Å². The summed E-state index contributed by atoms with van der Waals surface area (Å²) in [4.78, 5) is 12.2. The maximum atomic E-state index is 11.1. The van der Waals surface area contributed by atoms with Crippen LogP contribution in [0.25, 0.3) is 0 Å². The molecule has 0 aliphatic heterocycles. The van der Waals surface area contributed by atoms with Gasteiger partial charge in [0.05, 0.1) is 6.42 Å². The molecule has 1 aromatic rings. The summed E-state index contributed by atoms with van der Waals surface area (Å²) in [5.41, 5.74) is 0. The van der Waals surface area contributed by atoms with Crippen LogP contribution in [0.2, 0.25) is 0 Å². The molecule has 1 heterocycles. The van der Waals surface area contributed by atoms with Crippen LogP contribution in [0.4, 0.5) is 0 Å². The zero-order chi connectivity index (χ0) is 8.81. The van der Waals surface area contributed by atoms with Crippen LogP contribution in [-0.4, -0.2) is 18.2 Å². The monoisotopic (exact) mass is 201 g/mol.